The fourth-order valence-electron chi connectivity index (χ4n) is 3.37. The van der Waals surface area contributed by atoms with Gasteiger partial charge < -0.3 is 19.9 Å². The van der Waals surface area contributed by atoms with Gasteiger partial charge in [-0.05, 0) is 72.1 Å². The molecule has 0 spiro atoms. The van der Waals surface area contributed by atoms with E-state index in [9.17, 15) is 23.1 Å². The van der Waals surface area contributed by atoms with Crippen LogP contribution in [0.15, 0.2) is 60.7 Å². The maximum Gasteiger partial charge on any atom is 0.416 e. The summed E-state index contributed by atoms with van der Waals surface area (Å²) in [6.07, 6.45) is -4.69. The molecule has 0 aliphatic carbocycles. The number of alkyl halides is 3. The van der Waals surface area contributed by atoms with Crippen molar-refractivity contribution in [3.8, 4) is 22.6 Å². The van der Waals surface area contributed by atoms with Crippen LogP contribution in [0.25, 0.3) is 11.1 Å². The highest BCUT2D eigenvalue weighted by atomic mass is 35.5. The van der Waals surface area contributed by atoms with Crippen LogP contribution in [0.5, 0.6) is 11.5 Å². The Labute approximate surface area is 200 Å². The number of halogens is 4. The van der Waals surface area contributed by atoms with E-state index in [1.165, 1.54) is 18.2 Å². The second-order valence-electron chi connectivity index (χ2n) is 7.58. The van der Waals surface area contributed by atoms with E-state index >= 15 is 0 Å². The Bertz CT molecular complexity index is 1170. The Morgan fingerprint density at radius 1 is 1.06 bits per heavy atom. The number of carboxylic acid groups (broad SMARTS) is 1. The van der Waals surface area contributed by atoms with Crippen molar-refractivity contribution in [2.75, 3.05) is 20.3 Å². The zero-order valence-electron chi connectivity index (χ0n) is 18.4. The highest BCUT2D eigenvalue weighted by Gasteiger charge is 2.32. The summed E-state index contributed by atoms with van der Waals surface area (Å²) < 4.78 is 50.8. The fourth-order valence-corrected chi connectivity index (χ4v) is 3.59. The summed E-state index contributed by atoms with van der Waals surface area (Å²) in [5.74, 6) is -0.343. The monoisotopic (exact) mass is 493 g/mol. The van der Waals surface area contributed by atoms with Crippen LogP contribution in [0.3, 0.4) is 0 Å². The van der Waals surface area contributed by atoms with Crippen molar-refractivity contribution < 1.29 is 32.5 Å². The van der Waals surface area contributed by atoms with Crippen LogP contribution < -0.4 is 14.8 Å². The molecule has 0 bridgehead atoms. The Morgan fingerprint density at radius 3 is 2.47 bits per heavy atom. The van der Waals surface area contributed by atoms with Crippen molar-refractivity contribution in [3.05, 3.63) is 82.4 Å². The third kappa shape index (κ3) is 6.65. The molecule has 0 aliphatic heterocycles. The second-order valence-corrected chi connectivity index (χ2v) is 8.01. The van der Waals surface area contributed by atoms with Gasteiger partial charge >= 0.3 is 12.1 Å². The van der Waals surface area contributed by atoms with Crippen LogP contribution >= 0.6 is 11.6 Å². The summed E-state index contributed by atoms with van der Waals surface area (Å²) in [7, 11) is 1.60. The van der Waals surface area contributed by atoms with E-state index in [4.69, 9.17) is 21.1 Å². The predicted octanol–water partition coefficient (Wildman–Crippen LogP) is 6.46. The Hall–Kier alpha value is -3.23. The standard InChI is InChI=1S/C25H23ClF3NO4/c1-15(16-4-3-5-22(12-16)33-2)30-6-7-34-23-13-18(11-21(26)14-23)17-8-19(24(31)32)10-20(9-17)25(27,28)29/h3-5,8-15,30H,6-7H2,1-2H3,(H,31,32). The molecule has 1 atom stereocenters. The summed E-state index contributed by atoms with van der Waals surface area (Å²) in [6.45, 7) is 2.77. The van der Waals surface area contributed by atoms with E-state index in [0.717, 1.165) is 17.4 Å². The number of aromatic carboxylic acids is 1. The maximum absolute atomic E-state index is 13.3. The largest absolute Gasteiger partial charge is 0.497 e. The third-order valence-electron chi connectivity index (χ3n) is 5.13. The predicted molar refractivity (Wildman–Crippen MR) is 124 cm³/mol. The summed E-state index contributed by atoms with van der Waals surface area (Å²) >= 11 is 6.16. The number of ether oxygens (including phenoxy) is 2. The number of methoxy groups -OCH3 is 1. The number of rotatable bonds is 9. The van der Waals surface area contributed by atoms with E-state index in [0.29, 0.717) is 23.9 Å². The average Bonchev–Trinajstić information content (AvgIpc) is 2.80. The Kier molecular flexibility index (Phi) is 8.06. The van der Waals surface area contributed by atoms with E-state index in [1.807, 2.05) is 31.2 Å². The first-order chi connectivity index (χ1) is 16.1. The van der Waals surface area contributed by atoms with E-state index in [1.54, 1.807) is 13.2 Å². The topological polar surface area (TPSA) is 67.8 Å². The average molecular weight is 494 g/mol. The lowest BCUT2D eigenvalue weighted by Gasteiger charge is -2.16. The molecule has 3 aromatic carbocycles. The lowest BCUT2D eigenvalue weighted by atomic mass is 9.99. The van der Waals surface area contributed by atoms with Crippen LogP contribution in [0.4, 0.5) is 13.2 Å². The fraction of sp³-hybridized carbons (Fsp3) is 0.240. The highest BCUT2D eigenvalue weighted by molar-refractivity contribution is 6.31. The molecule has 0 heterocycles. The van der Waals surface area contributed by atoms with Gasteiger partial charge in [-0.2, -0.15) is 13.2 Å². The first-order valence-electron chi connectivity index (χ1n) is 10.3. The Balaban J connectivity index is 1.72. The van der Waals surface area contributed by atoms with Crippen molar-refractivity contribution >= 4 is 17.6 Å². The van der Waals surface area contributed by atoms with Crippen LogP contribution in [-0.2, 0) is 6.18 Å². The zero-order valence-corrected chi connectivity index (χ0v) is 19.2. The van der Waals surface area contributed by atoms with Gasteiger partial charge in [-0.1, -0.05) is 23.7 Å². The number of hydrogen-bond donors (Lipinski definition) is 2. The molecular weight excluding hydrogens is 471 g/mol. The van der Waals surface area contributed by atoms with Crippen molar-refractivity contribution in [1.29, 1.82) is 0 Å². The number of nitrogens with one attached hydrogen (secondary N) is 1. The number of hydrogen-bond acceptors (Lipinski definition) is 4. The van der Waals surface area contributed by atoms with Crippen LogP contribution in [0.1, 0.15) is 34.5 Å². The Morgan fingerprint density at radius 2 is 1.79 bits per heavy atom. The molecule has 3 rings (SSSR count). The molecule has 34 heavy (non-hydrogen) atoms. The van der Waals surface area contributed by atoms with Crippen molar-refractivity contribution in [2.24, 2.45) is 0 Å². The first-order valence-corrected chi connectivity index (χ1v) is 10.7. The van der Waals surface area contributed by atoms with Crippen LogP contribution in [0.2, 0.25) is 5.02 Å². The number of benzene rings is 3. The van der Waals surface area contributed by atoms with Crippen molar-refractivity contribution in [2.45, 2.75) is 19.1 Å². The summed E-state index contributed by atoms with van der Waals surface area (Å²) in [6, 6.07) is 14.9. The normalized spacial score (nSPS) is 12.3. The minimum absolute atomic E-state index is 0.0353. The summed E-state index contributed by atoms with van der Waals surface area (Å²) in [5, 5.41) is 12.8. The lowest BCUT2D eigenvalue weighted by molar-refractivity contribution is -0.137. The molecule has 2 N–H and O–H groups in total. The summed E-state index contributed by atoms with van der Waals surface area (Å²) in [5.41, 5.74) is -0.0927. The molecule has 3 aromatic rings. The van der Waals surface area contributed by atoms with Crippen LogP contribution in [-0.4, -0.2) is 31.3 Å². The maximum atomic E-state index is 13.3. The molecule has 0 aromatic heterocycles. The number of carbonyl (C=O) groups is 1. The molecule has 0 amide bonds. The van der Waals surface area contributed by atoms with Gasteiger partial charge in [0.05, 0.1) is 18.2 Å². The zero-order chi connectivity index (χ0) is 24.9. The van der Waals surface area contributed by atoms with E-state index in [-0.39, 0.29) is 23.2 Å². The van der Waals surface area contributed by atoms with Gasteiger partial charge in [-0.15, -0.1) is 0 Å². The SMILES string of the molecule is COc1cccc(C(C)NCCOc2cc(Cl)cc(-c3cc(C(=O)O)cc(C(F)(F)F)c3)c2)c1. The molecule has 180 valence electrons. The lowest BCUT2D eigenvalue weighted by Crippen LogP contribution is -2.24. The molecular formula is C25H23ClF3NO4. The molecule has 0 saturated carbocycles. The highest BCUT2D eigenvalue weighted by Crippen LogP contribution is 2.35. The van der Waals surface area contributed by atoms with E-state index < -0.39 is 23.3 Å². The summed E-state index contributed by atoms with van der Waals surface area (Å²) in [4.78, 5) is 11.3. The van der Waals surface area contributed by atoms with Gasteiger partial charge in [0.2, 0.25) is 0 Å². The third-order valence-corrected chi connectivity index (χ3v) is 5.35. The van der Waals surface area contributed by atoms with E-state index in [2.05, 4.69) is 5.32 Å². The van der Waals surface area contributed by atoms with Crippen molar-refractivity contribution in [1.82, 2.24) is 5.32 Å². The van der Waals surface area contributed by atoms with Gasteiger partial charge in [0.15, 0.2) is 0 Å². The second kappa shape index (κ2) is 10.8. The quantitative estimate of drug-likeness (QED) is 0.335. The molecule has 0 fully saturated rings. The van der Waals surface area contributed by atoms with Gasteiger partial charge in [0.1, 0.15) is 18.1 Å². The molecule has 0 aliphatic rings. The molecule has 9 heteroatoms. The minimum atomic E-state index is -4.69. The molecule has 0 radical (unpaired) electrons. The van der Waals surface area contributed by atoms with Crippen LogP contribution in [0, 0.1) is 0 Å². The van der Waals surface area contributed by atoms with Gasteiger partial charge in [0.25, 0.3) is 0 Å². The molecule has 5 nitrogen and oxygen atoms in total. The smallest absolute Gasteiger partial charge is 0.416 e. The van der Waals surface area contributed by atoms with Gasteiger partial charge in [-0.3, -0.25) is 0 Å². The first kappa shape index (κ1) is 25.4. The van der Waals surface area contributed by atoms with Gasteiger partial charge in [0, 0.05) is 17.6 Å². The molecule has 1 unspecified atom stereocenters. The molecule has 0 saturated heterocycles. The van der Waals surface area contributed by atoms with Gasteiger partial charge in [-0.25, -0.2) is 4.79 Å². The minimum Gasteiger partial charge on any atom is -0.497 e. The number of carboxylic acids is 1. The van der Waals surface area contributed by atoms with Crippen molar-refractivity contribution in [3.63, 3.8) is 0 Å².